The molecule has 0 unspecified atom stereocenters. The summed E-state index contributed by atoms with van der Waals surface area (Å²) in [6.07, 6.45) is 7.99. The van der Waals surface area contributed by atoms with Gasteiger partial charge in [-0.3, -0.25) is 0 Å². The van der Waals surface area contributed by atoms with E-state index in [1.165, 1.54) is 6.42 Å². The summed E-state index contributed by atoms with van der Waals surface area (Å²) in [6, 6.07) is 7.00. The van der Waals surface area contributed by atoms with Crippen LogP contribution in [0.4, 0.5) is 10.2 Å². The van der Waals surface area contributed by atoms with E-state index in [1.807, 2.05) is 6.07 Å². The quantitative estimate of drug-likeness (QED) is 0.512. The Morgan fingerprint density at radius 1 is 1.05 bits per heavy atom. The van der Waals surface area contributed by atoms with Crippen LogP contribution in [0, 0.1) is 11.3 Å². The molecule has 4 atom stereocenters. The number of rotatable bonds is 5. The highest BCUT2D eigenvalue weighted by Gasteiger charge is 2.52. The number of hydrogen-bond acceptors (Lipinski definition) is 9. The second kappa shape index (κ2) is 9.03. The molecule has 1 aliphatic heterocycles. The van der Waals surface area contributed by atoms with Crippen LogP contribution >= 0.6 is 0 Å². The number of aromatic hydroxyl groups is 1. The molecular formula is C28H31FN6O3. The number of phenols is 1. The van der Waals surface area contributed by atoms with Crippen molar-refractivity contribution >= 4 is 5.82 Å². The molecule has 9 nitrogen and oxygen atoms in total. The summed E-state index contributed by atoms with van der Waals surface area (Å²) in [4.78, 5) is 6.71. The van der Waals surface area contributed by atoms with Crippen molar-refractivity contribution in [1.29, 1.82) is 0 Å². The fourth-order valence-corrected chi connectivity index (χ4v) is 6.66. The van der Waals surface area contributed by atoms with Crippen LogP contribution in [0.1, 0.15) is 51.9 Å². The van der Waals surface area contributed by atoms with E-state index in [2.05, 4.69) is 37.2 Å². The third-order valence-electron chi connectivity index (χ3n) is 8.65. The van der Waals surface area contributed by atoms with Crippen LogP contribution in [0.3, 0.4) is 0 Å². The van der Waals surface area contributed by atoms with Crippen molar-refractivity contribution in [2.45, 2.75) is 70.1 Å². The maximum absolute atomic E-state index is 15.9. The molecule has 3 aromatic rings. The summed E-state index contributed by atoms with van der Waals surface area (Å²) in [5.41, 5.74) is 1.43. The Bertz CT molecular complexity index is 1350. The Kier molecular flexibility index (Phi) is 5.59. The lowest BCUT2D eigenvalue weighted by atomic mass is 9.60. The molecule has 7 rings (SSSR count). The Hall–Kier alpha value is -3.56. The van der Waals surface area contributed by atoms with Gasteiger partial charge in [0.15, 0.2) is 17.4 Å². The summed E-state index contributed by atoms with van der Waals surface area (Å²) in [7, 11) is 0. The maximum Gasteiger partial charge on any atom is 0.276 e. The van der Waals surface area contributed by atoms with Gasteiger partial charge in [0.1, 0.15) is 25.1 Å². The highest BCUT2D eigenvalue weighted by atomic mass is 19.1. The lowest BCUT2D eigenvalue weighted by molar-refractivity contribution is -0.0125. The monoisotopic (exact) mass is 518 g/mol. The molecule has 4 aliphatic rings. The van der Waals surface area contributed by atoms with Crippen LogP contribution in [0.2, 0.25) is 0 Å². The molecule has 38 heavy (non-hydrogen) atoms. The van der Waals surface area contributed by atoms with E-state index >= 15 is 4.39 Å². The van der Waals surface area contributed by atoms with Crippen molar-refractivity contribution in [3.8, 4) is 40.0 Å². The van der Waals surface area contributed by atoms with E-state index in [9.17, 15) is 5.11 Å². The molecule has 3 fully saturated rings. The molecule has 3 saturated carbocycles. The summed E-state index contributed by atoms with van der Waals surface area (Å²) >= 11 is 0. The first-order valence-electron chi connectivity index (χ1n) is 13.6. The molecule has 0 spiro atoms. The predicted octanol–water partition coefficient (Wildman–Crippen LogP) is 4.75. The van der Waals surface area contributed by atoms with Crippen LogP contribution in [-0.4, -0.2) is 62.0 Å². The Morgan fingerprint density at radius 2 is 1.92 bits per heavy atom. The van der Waals surface area contributed by atoms with Crippen molar-refractivity contribution in [2.24, 2.45) is 11.3 Å². The molecule has 3 aliphatic carbocycles. The van der Waals surface area contributed by atoms with Gasteiger partial charge in [0.05, 0.1) is 23.5 Å². The fourth-order valence-electron chi connectivity index (χ4n) is 6.66. The van der Waals surface area contributed by atoms with Crippen LogP contribution in [0.25, 0.3) is 22.6 Å². The number of aromatic nitrogens is 5. The number of hydrogen-bond donors (Lipinski definition) is 1. The van der Waals surface area contributed by atoms with E-state index in [0.717, 1.165) is 38.5 Å². The normalized spacial score (nSPS) is 28.1. The molecule has 0 radical (unpaired) electrons. The lowest BCUT2D eigenvalue weighted by Crippen LogP contribution is -2.56. The maximum atomic E-state index is 15.9. The van der Waals surface area contributed by atoms with Crippen LogP contribution in [-0.2, 0) is 0 Å². The highest BCUT2D eigenvalue weighted by Crippen LogP contribution is 2.52. The predicted molar refractivity (Wildman–Crippen MR) is 138 cm³/mol. The third kappa shape index (κ3) is 4.10. The first-order valence-corrected chi connectivity index (χ1v) is 13.6. The first kappa shape index (κ1) is 23.5. The van der Waals surface area contributed by atoms with Gasteiger partial charge in [-0.25, -0.2) is 9.37 Å². The zero-order valence-electron chi connectivity index (χ0n) is 21.4. The second-order valence-corrected chi connectivity index (χ2v) is 11.4. The second-order valence-electron chi connectivity index (χ2n) is 11.4. The molecule has 198 valence electrons. The van der Waals surface area contributed by atoms with Gasteiger partial charge in [-0.1, -0.05) is 25.8 Å². The van der Waals surface area contributed by atoms with Gasteiger partial charge in [0, 0.05) is 23.1 Å². The number of halogens is 1. The molecular weight excluding hydrogens is 487 g/mol. The molecule has 1 aromatic carbocycles. The summed E-state index contributed by atoms with van der Waals surface area (Å²) in [5, 5.41) is 27.9. The number of fused-ring (bicyclic) bond motifs is 3. The van der Waals surface area contributed by atoms with Crippen molar-refractivity contribution in [3.63, 3.8) is 0 Å². The number of nitrogens with zero attached hydrogens (tertiary/aromatic N) is 6. The SMILES string of the molecule is C[C@]12CCC[C@H](C[C@@H](N(c3cnc(-c4ccc(-c5cc6c(nn5)OCCO6)cc4O)nn3)C3CC3)[C@H]1F)C2. The van der Waals surface area contributed by atoms with Crippen LogP contribution < -0.4 is 14.4 Å². The largest absolute Gasteiger partial charge is 0.507 e. The minimum Gasteiger partial charge on any atom is -0.507 e. The number of anilines is 1. The summed E-state index contributed by atoms with van der Waals surface area (Å²) in [6.45, 7) is 3.02. The first-order chi connectivity index (χ1) is 18.5. The average Bonchev–Trinajstić information content (AvgIpc) is 3.77. The van der Waals surface area contributed by atoms with Crippen molar-refractivity contribution in [3.05, 3.63) is 30.5 Å². The molecule has 2 aromatic heterocycles. The van der Waals surface area contributed by atoms with E-state index < -0.39 is 6.17 Å². The van der Waals surface area contributed by atoms with Gasteiger partial charge in [-0.15, -0.1) is 20.4 Å². The van der Waals surface area contributed by atoms with Gasteiger partial charge in [-0.05, 0) is 50.2 Å². The van der Waals surface area contributed by atoms with Crippen molar-refractivity contribution < 1.29 is 19.0 Å². The van der Waals surface area contributed by atoms with Gasteiger partial charge in [0.25, 0.3) is 5.88 Å². The summed E-state index contributed by atoms with van der Waals surface area (Å²) < 4.78 is 27.0. The molecule has 2 bridgehead atoms. The van der Waals surface area contributed by atoms with Gasteiger partial charge in [0.2, 0.25) is 0 Å². The molecule has 3 heterocycles. The summed E-state index contributed by atoms with van der Waals surface area (Å²) in [5.74, 6) is 2.40. The molecule has 1 N–H and O–H groups in total. The Balaban J connectivity index is 1.14. The molecule has 10 heteroatoms. The van der Waals surface area contributed by atoms with Crippen LogP contribution in [0.5, 0.6) is 17.4 Å². The standard InChI is InChI=1S/C28H31FN6O3/c1-28-8-2-3-16(14-28)11-21(25(28)29)35(18-5-6-18)24-15-30-26(33-32-24)19-7-4-17(12-22(19)36)20-13-23-27(34-31-20)38-10-9-37-23/h4,7,12-13,15-16,18,21,25,36H,2-3,5-6,8-11,14H2,1H3/t16-,21-,25-,28-/m1/s1. The van der Waals surface area contributed by atoms with Gasteiger partial charge >= 0.3 is 0 Å². The van der Waals surface area contributed by atoms with Crippen LogP contribution in [0.15, 0.2) is 30.5 Å². The average molecular weight is 519 g/mol. The van der Waals surface area contributed by atoms with Crippen molar-refractivity contribution in [2.75, 3.05) is 18.1 Å². The number of ether oxygens (including phenoxy) is 2. The number of phenolic OH excluding ortho intramolecular Hbond substituents is 1. The van der Waals surface area contributed by atoms with E-state index in [1.54, 1.807) is 24.4 Å². The molecule has 0 saturated heterocycles. The van der Waals surface area contributed by atoms with E-state index in [4.69, 9.17) is 9.47 Å². The van der Waals surface area contributed by atoms with Gasteiger partial charge in [-0.2, -0.15) is 0 Å². The van der Waals surface area contributed by atoms with Gasteiger partial charge < -0.3 is 19.5 Å². The topological polar surface area (TPSA) is 106 Å². The minimum atomic E-state index is -0.888. The number of benzene rings is 1. The Labute approximate surface area is 220 Å². The lowest BCUT2D eigenvalue weighted by Gasteiger charge is -2.52. The zero-order valence-corrected chi connectivity index (χ0v) is 21.4. The van der Waals surface area contributed by atoms with E-state index in [-0.39, 0.29) is 17.2 Å². The Morgan fingerprint density at radius 3 is 2.71 bits per heavy atom. The van der Waals surface area contributed by atoms with E-state index in [0.29, 0.717) is 65.3 Å². The fraction of sp³-hybridized carbons (Fsp3) is 0.536. The minimum absolute atomic E-state index is 0.00430. The smallest absolute Gasteiger partial charge is 0.276 e. The molecule has 0 amide bonds. The highest BCUT2D eigenvalue weighted by molar-refractivity contribution is 5.72. The number of alkyl halides is 1. The van der Waals surface area contributed by atoms with Crippen molar-refractivity contribution in [1.82, 2.24) is 25.4 Å². The zero-order chi connectivity index (χ0) is 25.9. The third-order valence-corrected chi connectivity index (χ3v) is 8.65.